The molecule has 0 heterocycles. The third kappa shape index (κ3) is 5.27. The molecule has 1 unspecified atom stereocenters. The van der Waals surface area contributed by atoms with Crippen LogP contribution >= 0.6 is 0 Å². The minimum absolute atomic E-state index is 0.155. The van der Waals surface area contributed by atoms with Crippen molar-refractivity contribution in [3.63, 3.8) is 0 Å². The molecule has 3 N–H and O–H groups in total. The van der Waals surface area contributed by atoms with Crippen LogP contribution in [0.4, 0.5) is 10.5 Å². The minimum Gasteiger partial charge on any atom is -0.469 e. The Morgan fingerprint density at radius 1 is 1.25 bits per heavy atom. The molecule has 1 rings (SSSR count). The van der Waals surface area contributed by atoms with Gasteiger partial charge in [-0.25, -0.2) is 4.79 Å². The van der Waals surface area contributed by atoms with Crippen molar-refractivity contribution in [3.05, 3.63) is 29.8 Å². The third-order valence-electron chi connectivity index (χ3n) is 2.94. The molecule has 0 bridgehead atoms. The molecule has 0 aromatic heterocycles. The van der Waals surface area contributed by atoms with Gasteiger partial charge in [0.25, 0.3) is 0 Å². The molecule has 0 aliphatic carbocycles. The first-order chi connectivity index (χ1) is 9.56. The highest BCUT2D eigenvalue weighted by Gasteiger charge is 2.05. The molecule has 1 aromatic rings. The van der Waals surface area contributed by atoms with Gasteiger partial charge in [0.2, 0.25) is 0 Å². The predicted octanol–water partition coefficient (Wildman–Crippen LogP) is 1.65. The largest absolute Gasteiger partial charge is 0.469 e. The fraction of sp³-hybridized carbons (Fsp3) is 0.429. The normalized spacial score (nSPS) is 11.6. The number of ether oxygens (including phenoxy) is 1. The summed E-state index contributed by atoms with van der Waals surface area (Å²) in [6, 6.07) is 7.49. The lowest BCUT2D eigenvalue weighted by atomic mass is 10.1. The van der Waals surface area contributed by atoms with Crippen LogP contribution in [0.15, 0.2) is 24.3 Å². The fourth-order valence-electron chi connectivity index (χ4n) is 1.58. The monoisotopic (exact) mass is 279 g/mol. The van der Waals surface area contributed by atoms with Crippen LogP contribution in [0.1, 0.15) is 24.9 Å². The first-order valence-corrected chi connectivity index (χ1v) is 6.45. The Morgan fingerprint density at radius 2 is 1.90 bits per heavy atom. The number of hydrogen-bond donors (Lipinski definition) is 3. The second kappa shape index (κ2) is 8.16. The summed E-state index contributed by atoms with van der Waals surface area (Å²) in [5.41, 5.74) is 1.84. The summed E-state index contributed by atoms with van der Waals surface area (Å²) >= 11 is 0. The number of benzene rings is 1. The van der Waals surface area contributed by atoms with Gasteiger partial charge in [-0.1, -0.05) is 12.1 Å². The lowest BCUT2D eigenvalue weighted by Crippen LogP contribution is -2.30. The minimum atomic E-state index is -0.351. The van der Waals surface area contributed by atoms with E-state index in [0.717, 1.165) is 5.56 Å². The van der Waals surface area contributed by atoms with Crippen LogP contribution in [0.3, 0.4) is 0 Å². The summed E-state index contributed by atoms with van der Waals surface area (Å²) in [4.78, 5) is 22.5. The number of methoxy groups -OCH3 is 1. The van der Waals surface area contributed by atoms with E-state index < -0.39 is 0 Å². The van der Waals surface area contributed by atoms with Crippen molar-refractivity contribution in [1.82, 2.24) is 10.6 Å². The van der Waals surface area contributed by atoms with Crippen molar-refractivity contribution in [1.29, 1.82) is 0 Å². The van der Waals surface area contributed by atoms with Gasteiger partial charge in [0, 0.05) is 18.3 Å². The smallest absolute Gasteiger partial charge is 0.319 e. The second-order valence-electron chi connectivity index (χ2n) is 4.34. The Balaban J connectivity index is 2.40. The van der Waals surface area contributed by atoms with Crippen molar-refractivity contribution in [3.8, 4) is 0 Å². The Labute approximate surface area is 118 Å². The van der Waals surface area contributed by atoms with Gasteiger partial charge in [-0.05, 0) is 31.7 Å². The third-order valence-corrected chi connectivity index (χ3v) is 2.94. The maximum atomic E-state index is 11.6. The van der Waals surface area contributed by atoms with E-state index in [1.54, 1.807) is 0 Å². The molecular weight excluding hydrogens is 258 g/mol. The summed E-state index contributed by atoms with van der Waals surface area (Å²) in [7, 11) is 3.21. The van der Waals surface area contributed by atoms with Crippen molar-refractivity contribution >= 4 is 17.7 Å². The lowest BCUT2D eigenvalue weighted by Gasteiger charge is -2.12. The van der Waals surface area contributed by atoms with Crippen molar-refractivity contribution in [2.45, 2.75) is 19.4 Å². The fourth-order valence-corrected chi connectivity index (χ4v) is 1.58. The number of amides is 2. The SMILES string of the molecule is CNC(C)c1ccc(NC(=O)NCCC(=O)OC)cc1. The molecule has 6 nitrogen and oxygen atoms in total. The second-order valence-corrected chi connectivity index (χ2v) is 4.34. The first-order valence-electron chi connectivity index (χ1n) is 6.45. The highest BCUT2D eigenvalue weighted by Crippen LogP contribution is 2.15. The molecule has 0 radical (unpaired) electrons. The molecule has 1 aromatic carbocycles. The average Bonchev–Trinajstić information content (AvgIpc) is 2.47. The summed E-state index contributed by atoms with van der Waals surface area (Å²) < 4.78 is 4.48. The van der Waals surface area contributed by atoms with Crippen LogP contribution in [-0.4, -0.2) is 32.7 Å². The quantitative estimate of drug-likeness (QED) is 0.692. The standard InChI is InChI=1S/C14H21N3O3/c1-10(15-2)11-4-6-12(7-5-11)17-14(19)16-9-8-13(18)20-3/h4-7,10,15H,8-9H2,1-3H3,(H2,16,17,19). The summed E-state index contributed by atoms with van der Waals surface area (Å²) in [5.74, 6) is -0.351. The predicted molar refractivity (Wildman–Crippen MR) is 77.6 cm³/mol. The van der Waals surface area contributed by atoms with Crippen LogP contribution in [-0.2, 0) is 9.53 Å². The molecule has 0 spiro atoms. The zero-order valence-corrected chi connectivity index (χ0v) is 12.0. The van der Waals surface area contributed by atoms with E-state index in [1.165, 1.54) is 7.11 Å². The van der Waals surface area contributed by atoms with Gasteiger partial charge < -0.3 is 20.7 Å². The average molecular weight is 279 g/mol. The van der Waals surface area contributed by atoms with Gasteiger partial charge in [0.15, 0.2) is 0 Å². The summed E-state index contributed by atoms with van der Waals surface area (Å²) in [5, 5.41) is 8.42. The number of esters is 1. The maximum absolute atomic E-state index is 11.6. The van der Waals surface area contributed by atoms with E-state index in [0.29, 0.717) is 5.69 Å². The Bertz CT molecular complexity index is 445. The van der Waals surface area contributed by atoms with Crippen molar-refractivity contribution in [2.24, 2.45) is 0 Å². The first kappa shape index (κ1) is 16.0. The molecule has 0 saturated carbocycles. The van der Waals surface area contributed by atoms with Crippen molar-refractivity contribution < 1.29 is 14.3 Å². The van der Waals surface area contributed by atoms with Gasteiger partial charge in [0.05, 0.1) is 13.5 Å². The van der Waals surface area contributed by atoms with Crippen LogP contribution in [0, 0.1) is 0 Å². The molecule has 6 heteroatoms. The van der Waals surface area contributed by atoms with E-state index in [9.17, 15) is 9.59 Å². The molecule has 0 fully saturated rings. The van der Waals surface area contributed by atoms with Gasteiger partial charge in [-0.2, -0.15) is 0 Å². The number of carbonyl (C=O) groups excluding carboxylic acids is 2. The van der Waals surface area contributed by atoms with Crippen LogP contribution < -0.4 is 16.0 Å². The maximum Gasteiger partial charge on any atom is 0.319 e. The number of urea groups is 1. The molecule has 0 saturated heterocycles. The van der Waals surface area contributed by atoms with E-state index in [4.69, 9.17) is 0 Å². The van der Waals surface area contributed by atoms with E-state index in [2.05, 4.69) is 27.6 Å². The number of carbonyl (C=O) groups is 2. The van der Waals surface area contributed by atoms with Crippen molar-refractivity contribution in [2.75, 3.05) is 26.0 Å². The number of rotatable bonds is 6. The van der Waals surface area contributed by atoms with Gasteiger partial charge in [-0.3, -0.25) is 4.79 Å². The van der Waals surface area contributed by atoms with E-state index >= 15 is 0 Å². The lowest BCUT2D eigenvalue weighted by molar-refractivity contribution is -0.140. The van der Waals surface area contributed by atoms with E-state index in [-0.39, 0.29) is 31.0 Å². The van der Waals surface area contributed by atoms with Crippen LogP contribution in [0.25, 0.3) is 0 Å². The van der Waals surface area contributed by atoms with Gasteiger partial charge >= 0.3 is 12.0 Å². The molecular formula is C14H21N3O3. The zero-order chi connectivity index (χ0) is 15.0. The number of nitrogens with one attached hydrogen (secondary N) is 3. The Hall–Kier alpha value is -2.08. The summed E-state index contributed by atoms with van der Waals surface area (Å²) in [6.07, 6.45) is 0.155. The zero-order valence-electron chi connectivity index (χ0n) is 12.0. The topological polar surface area (TPSA) is 79.5 Å². The van der Waals surface area contributed by atoms with Crippen LogP contribution in [0.2, 0.25) is 0 Å². The van der Waals surface area contributed by atoms with Crippen LogP contribution in [0.5, 0.6) is 0 Å². The van der Waals surface area contributed by atoms with E-state index in [1.807, 2.05) is 31.3 Å². The van der Waals surface area contributed by atoms with Gasteiger partial charge in [-0.15, -0.1) is 0 Å². The molecule has 110 valence electrons. The summed E-state index contributed by atoms with van der Waals surface area (Å²) in [6.45, 7) is 2.30. The number of hydrogen-bond acceptors (Lipinski definition) is 4. The Morgan fingerprint density at radius 3 is 2.45 bits per heavy atom. The molecule has 0 aliphatic rings. The molecule has 20 heavy (non-hydrogen) atoms. The highest BCUT2D eigenvalue weighted by atomic mass is 16.5. The number of anilines is 1. The molecule has 0 aliphatic heterocycles. The molecule has 1 atom stereocenters. The molecule has 2 amide bonds. The van der Waals surface area contributed by atoms with Gasteiger partial charge in [0.1, 0.15) is 0 Å². The highest BCUT2D eigenvalue weighted by molar-refractivity contribution is 5.89. The Kier molecular flexibility index (Phi) is 6.52.